The molecular formula is C21H24N2O6S. The van der Waals surface area contributed by atoms with Crippen molar-refractivity contribution in [2.24, 2.45) is 0 Å². The summed E-state index contributed by atoms with van der Waals surface area (Å²) in [5.74, 6) is -0.276. The second-order valence-corrected chi connectivity index (χ2v) is 7.05. The molecule has 0 saturated carbocycles. The molecule has 9 heteroatoms. The van der Waals surface area contributed by atoms with Gasteiger partial charge in [0, 0.05) is 5.56 Å². The number of hydrogen-bond donors (Lipinski definition) is 1. The van der Waals surface area contributed by atoms with Crippen LogP contribution in [0.3, 0.4) is 0 Å². The Morgan fingerprint density at radius 3 is 2.47 bits per heavy atom. The van der Waals surface area contributed by atoms with E-state index >= 15 is 0 Å². The van der Waals surface area contributed by atoms with E-state index in [1.165, 1.54) is 6.07 Å². The van der Waals surface area contributed by atoms with Gasteiger partial charge in [0.2, 0.25) is 0 Å². The van der Waals surface area contributed by atoms with Crippen molar-refractivity contribution in [3.63, 3.8) is 0 Å². The highest BCUT2D eigenvalue weighted by Crippen LogP contribution is 2.33. The first-order valence-corrected chi connectivity index (χ1v) is 10.3. The van der Waals surface area contributed by atoms with E-state index in [0.717, 1.165) is 17.8 Å². The molecule has 8 nitrogen and oxygen atoms in total. The highest BCUT2D eigenvalue weighted by molar-refractivity contribution is 7.18. The quantitative estimate of drug-likeness (QED) is 0.561. The van der Waals surface area contributed by atoms with E-state index in [2.05, 4.69) is 0 Å². The Morgan fingerprint density at radius 1 is 1.07 bits per heavy atom. The number of benzene rings is 1. The first-order valence-electron chi connectivity index (χ1n) is 9.51. The van der Waals surface area contributed by atoms with Gasteiger partial charge >= 0.3 is 11.9 Å². The molecule has 2 aromatic rings. The molecule has 0 spiro atoms. The van der Waals surface area contributed by atoms with Crippen LogP contribution in [-0.4, -0.2) is 31.8 Å². The number of hydrogen-bond acceptors (Lipinski definition) is 9. The van der Waals surface area contributed by atoms with Crippen molar-refractivity contribution >= 4 is 28.3 Å². The van der Waals surface area contributed by atoms with Crippen molar-refractivity contribution in [3.05, 3.63) is 39.8 Å². The van der Waals surface area contributed by atoms with E-state index in [4.69, 9.17) is 24.7 Å². The molecule has 1 aromatic carbocycles. The lowest BCUT2D eigenvalue weighted by Crippen LogP contribution is -2.10. The molecule has 0 fully saturated rings. The fourth-order valence-electron chi connectivity index (χ4n) is 2.56. The van der Waals surface area contributed by atoms with Crippen molar-refractivity contribution in [1.29, 1.82) is 5.26 Å². The summed E-state index contributed by atoms with van der Waals surface area (Å²) in [6, 6.07) is 6.69. The molecule has 1 heterocycles. The molecule has 0 saturated heterocycles. The summed E-state index contributed by atoms with van der Waals surface area (Å²) < 4.78 is 21.5. The molecule has 0 aliphatic heterocycles. The highest BCUT2D eigenvalue weighted by atomic mass is 32.1. The number of nitrogens with zero attached hydrogens (tertiary/aromatic N) is 1. The summed E-state index contributed by atoms with van der Waals surface area (Å²) in [5.41, 5.74) is 6.42. The van der Waals surface area contributed by atoms with Crippen LogP contribution < -0.4 is 15.2 Å². The van der Waals surface area contributed by atoms with Crippen LogP contribution in [0.25, 0.3) is 0 Å². The van der Waals surface area contributed by atoms with Gasteiger partial charge in [0.25, 0.3) is 0 Å². The molecule has 0 amide bonds. The third-order valence-electron chi connectivity index (χ3n) is 3.90. The number of nitrogen functional groups attached to an aromatic ring is 1. The van der Waals surface area contributed by atoms with Crippen LogP contribution in [-0.2, 0) is 16.1 Å². The van der Waals surface area contributed by atoms with Crippen molar-refractivity contribution in [1.82, 2.24) is 0 Å². The van der Waals surface area contributed by atoms with E-state index < -0.39 is 11.9 Å². The molecule has 2 N–H and O–H groups in total. The lowest BCUT2D eigenvalue weighted by atomic mass is 10.1. The van der Waals surface area contributed by atoms with E-state index in [1.807, 2.05) is 19.9 Å². The molecule has 0 atom stereocenters. The number of nitriles is 1. The van der Waals surface area contributed by atoms with Gasteiger partial charge in [-0.25, -0.2) is 9.59 Å². The van der Waals surface area contributed by atoms with Gasteiger partial charge < -0.3 is 24.7 Å². The van der Waals surface area contributed by atoms with Crippen LogP contribution in [0.15, 0.2) is 18.2 Å². The first kappa shape index (κ1) is 23.0. The van der Waals surface area contributed by atoms with Crippen LogP contribution in [0.2, 0.25) is 0 Å². The van der Waals surface area contributed by atoms with E-state index in [-0.39, 0.29) is 39.8 Å². The Morgan fingerprint density at radius 2 is 1.83 bits per heavy atom. The second kappa shape index (κ2) is 11.1. The number of nitrogens with two attached hydrogens (primary N) is 1. The van der Waals surface area contributed by atoms with Gasteiger partial charge in [-0.15, -0.1) is 11.3 Å². The zero-order valence-corrected chi connectivity index (χ0v) is 18.0. The molecule has 2 rings (SSSR count). The van der Waals surface area contributed by atoms with Crippen molar-refractivity contribution in [2.75, 3.05) is 25.6 Å². The predicted molar refractivity (Wildman–Crippen MR) is 112 cm³/mol. The monoisotopic (exact) mass is 432 g/mol. The van der Waals surface area contributed by atoms with Gasteiger partial charge in [-0.05, 0) is 38.5 Å². The molecule has 30 heavy (non-hydrogen) atoms. The van der Waals surface area contributed by atoms with Gasteiger partial charge in [-0.1, -0.05) is 6.92 Å². The maximum absolute atomic E-state index is 12.6. The molecule has 1 aromatic heterocycles. The Bertz CT molecular complexity index is 948. The zero-order valence-electron chi connectivity index (χ0n) is 17.1. The fraction of sp³-hybridized carbons (Fsp3) is 0.381. The topological polar surface area (TPSA) is 121 Å². The Hall–Kier alpha value is -3.25. The van der Waals surface area contributed by atoms with E-state index in [9.17, 15) is 14.9 Å². The lowest BCUT2D eigenvalue weighted by Gasteiger charge is -2.13. The van der Waals surface area contributed by atoms with Gasteiger partial charge in [-0.3, -0.25) is 0 Å². The number of anilines is 1. The molecule has 0 aliphatic rings. The van der Waals surface area contributed by atoms with Crippen molar-refractivity contribution < 1.29 is 28.5 Å². The summed E-state index contributed by atoms with van der Waals surface area (Å²) in [7, 11) is 0. The Labute approximate surface area is 179 Å². The molecule has 160 valence electrons. The summed E-state index contributed by atoms with van der Waals surface area (Å²) in [6.45, 7) is 6.30. The minimum Gasteiger partial charge on any atom is -0.490 e. The smallest absolute Gasteiger partial charge is 0.348 e. The third-order valence-corrected chi connectivity index (χ3v) is 4.94. The molecular weight excluding hydrogens is 408 g/mol. The normalized spacial score (nSPS) is 10.2. The number of esters is 2. The molecule has 0 unspecified atom stereocenters. The lowest BCUT2D eigenvalue weighted by molar-refractivity contribution is 0.0452. The van der Waals surface area contributed by atoms with Crippen LogP contribution in [0.4, 0.5) is 5.00 Å². The van der Waals surface area contributed by atoms with Crippen LogP contribution in [0, 0.1) is 11.3 Å². The second-order valence-electron chi connectivity index (χ2n) is 6.00. The zero-order chi connectivity index (χ0) is 22.1. The minimum atomic E-state index is -0.638. The fourth-order valence-corrected chi connectivity index (χ4v) is 3.48. The maximum atomic E-state index is 12.6. The van der Waals surface area contributed by atoms with E-state index in [1.54, 1.807) is 19.1 Å². The number of ether oxygens (including phenoxy) is 4. The summed E-state index contributed by atoms with van der Waals surface area (Å²) in [5, 5.41) is 9.53. The summed E-state index contributed by atoms with van der Waals surface area (Å²) in [6.07, 6.45) is 0.836. The van der Waals surface area contributed by atoms with Crippen molar-refractivity contribution in [3.8, 4) is 17.6 Å². The predicted octanol–water partition coefficient (Wildman–Crippen LogP) is 3.92. The number of thiophene rings is 1. The highest BCUT2D eigenvalue weighted by Gasteiger charge is 2.24. The number of carbonyl (C=O) groups excluding carboxylic acids is 2. The SMILES string of the molecule is CCCOc1ccc(C(=O)OCc2c(C(=O)OCC)sc(N)c2C#N)cc1OCC. The summed E-state index contributed by atoms with van der Waals surface area (Å²) >= 11 is 0.933. The Balaban J connectivity index is 2.22. The first-order chi connectivity index (χ1) is 14.5. The third kappa shape index (κ3) is 5.42. The van der Waals surface area contributed by atoms with Crippen molar-refractivity contribution in [2.45, 2.75) is 33.8 Å². The largest absolute Gasteiger partial charge is 0.490 e. The van der Waals surface area contributed by atoms with Gasteiger partial charge in [0.15, 0.2) is 11.5 Å². The number of carbonyl (C=O) groups is 2. The van der Waals surface area contributed by atoms with Crippen LogP contribution in [0.1, 0.15) is 58.3 Å². The van der Waals surface area contributed by atoms with E-state index in [0.29, 0.717) is 24.7 Å². The average molecular weight is 432 g/mol. The maximum Gasteiger partial charge on any atom is 0.348 e. The minimum absolute atomic E-state index is 0.106. The number of rotatable bonds is 10. The van der Waals surface area contributed by atoms with Gasteiger partial charge in [-0.2, -0.15) is 5.26 Å². The molecule has 0 bridgehead atoms. The molecule has 0 aliphatic carbocycles. The van der Waals surface area contributed by atoms with Gasteiger partial charge in [0.1, 0.15) is 22.6 Å². The van der Waals surface area contributed by atoms with Crippen LogP contribution >= 0.6 is 11.3 Å². The standard InChI is InChI=1S/C21H24N2O6S/c1-4-9-28-16-8-7-13(10-17(16)26-5-2)20(24)29-12-15-14(11-22)19(23)30-18(15)21(25)27-6-3/h7-8,10H,4-6,9,12,23H2,1-3H3. The molecule has 0 radical (unpaired) electrons. The Kier molecular flexibility index (Phi) is 8.50. The summed E-state index contributed by atoms with van der Waals surface area (Å²) in [4.78, 5) is 24.9. The van der Waals surface area contributed by atoms with Gasteiger partial charge in [0.05, 0.1) is 30.9 Å². The van der Waals surface area contributed by atoms with Crippen LogP contribution in [0.5, 0.6) is 11.5 Å². The average Bonchev–Trinajstić information content (AvgIpc) is 3.06.